The summed E-state index contributed by atoms with van der Waals surface area (Å²) in [5, 5.41) is 14.1. The van der Waals surface area contributed by atoms with Crippen LogP contribution < -0.4 is 10.6 Å². The highest BCUT2D eigenvalue weighted by Gasteiger charge is 2.21. The molecule has 5 nitrogen and oxygen atoms in total. The normalized spacial score (nSPS) is 11.4. The van der Waals surface area contributed by atoms with Crippen molar-refractivity contribution in [2.75, 3.05) is 6.54 Å². The molecule has 0 aromatic rings. The fourth-order valence-corrected chi connectivity index (χ4v) is 1.31. The summed E-state index contributed by atoms with van der Waals surface area (Å²) in [7, 11) is 0. The molecule has 0 saturated heterocycles. The lowest BCUT2D eigenvalue weighted by Crippen LogP contribution is -2.48. The second kappa shape index (κ2) is 7.14. The molecule has 0 heterocycles. The summed E-state index contributed by atoms with van der Waals surface area (Å²) in [5.41, 5.74) is -0.500. The number of hydrogen-bond donors (Lipinski definition) is 3. The summed E-state index contributed by atoms with van der Waals surface area (Å²) in [6.07, 6.45) is 1.40. The van der Waals surface area contributed by atoms with E-state index < -0.39 is 11.5 Å². The van der Waals surface area contributed by atoms with Gasteiger partial charge in [0.05, 0.1) is 0 Å². The number of carbonyl (C=O) groups excluding carboxylic acids is 1. The van der Waals surface area contributed by atoms with E-state index >= 15 is 0 Å². The van der Waals surface area contributed by atoms with E-state index in [9.17, 15) is 9.59 Å². The van der Waals surface area contributed by atoms with Crippen LogP contribution in [-0.2, 0) is 4.79 Å². The quantitative estimate of drug-likeness (QED) is 0.640. The topological polar surface area (TPSA) is 78.4 Å². The van der Waals surface area contributed by atoms with Crippen molar-refractivity contribution in [1.29, 1.82) is 0 Å². The zero-order valence-corrected chi connectivity index (χ0v) is 11.2. The second-order valence-electron chi connectivity index (χ2n) is 5.34. The number of amides is 2. The zero-order chi connectivity index (χ0) is 13.5. The van der Waals surface area contributed by atoms with Crippen LogP contribution in [0.3, 0.4) is 0 Å². The van der Waals surface area contributed by atoms with Crippen LogP contribution in [0.4, 0.5) is 4.79 Å². The van der Waals surface area contributed by atoms with E-state index in [4.69, 9.17) is 5.11 Å². The van der Waals surface area contributed by atoms with E-state index in [-0.39, 0.29) is 12.5 Å². The van der Waals surface area contributed by atoms with Crippen molar-refractivity contribution in [3.63, 3.8) is 0 Å². The maximum absolute atomic E-state index is 11.5. The van der Waals surface area contributed by atoms with E-state index in [0.717, 1.165) is 6.42 Å². The molecule has 0 aliphatic rings. The first-order valence-corrected chi connectivity index (χ1v) is 6.01. The van der Waals surface area contributed by atoms with Crippen molar-refractivity contribution in [3.05, 3.63) is 0 Å². The summed E-state index contributed by atoms with van der Waals surface area (Å²) < 4.78 is 0. The van der Waals surface area contributed by atoms with Gasteiger partial charge in [0.25, 0.3) is 0 Å². The van der Waals surface area contributed by atoms with Crippen molar-refractivity contribution in [2.45, 2.75) is 52.5 Å². The molecular formula is C12H24N2O3. The summed E-state index contributed by atoms with van der Waals surface area (Å²) in [4.78, 5) is 22.0. The summed E-state index contributed by atoms with van der Waals surface area (Å²) >= 11 is 0. The minimum Gasteiger partial charge on any atom is -0.481 e. The molecule has 0 aliphatic heterocycles. The van der Waals surface area contributed by atoms with E-state index in [2.05, 4.69) is 24.5 Å². The van der Waals surface area contributed by atoms with E-state index in [0.29, 0.717) is 18.9 Å². The van der Waals surface area contributed by atoms with Crippen LogP contribution in [0.25, 0.3) is 0 Å². The van der Waals surface area contributed by atoms with Gasteiger partial charge < -0.3 is 15.7 Å². The Morgan fingerprint density at radius 3 is 2.35 bits per heavy atom. The first-order chi connectivity index (χ1) is 7.73. The largest absolute Gasteiger partial charge is 0.481 e. The lowest BCUT2D eigenvalue weighted by atomic mass is 9.99. The van der Waals surface area contributed by atoms with Gasteiger partial charge in [-0.1, -0.05) is 13.8 Å². The third-order valence-corrected chi connectivity index (χ3v) is 2.42. The van der Waals surface area contributed by atoms with Gasteiger partial charge in [-0.3, -0.25) is 4.79 Å². The maximum atomic E-state index is 11.5. The van der Waals surface area contributed by atoms with Crippen molar-refractivity contribution in [2.24, 2.45) is 5.92 Å². The SMILES string of the molecule is CC(C)CCNC(=O)NC(C)(C)CCC(=O)O. The number of hydrogen-bond acceptors (Lipinski definition) is 2. The number of carbonyl (C=O) groups is 2. The number of aliphatic carboxylic acids is 1. The van der Waals surface area contributed by atoms with Gasteiger partial charge in [0.15, 0.2) is 0 Å². The fraction of sp³-hybridized carbons (Fsp3) is 0.833. The van der Waals surface area contributed by atoms with Crippen LogP contribution in [0.5, 0.6) is 0 Å². The van der Waals surface area contributed by atoms with E-state index in [1.54, 1.807) is 0 Å². The molecule has 0 aromatic carbocycles. The minimum absolute atomic E-state index is 0.0548. The summed E-state index contributed by atoms with van der Waals surface area (Å²) in [5.74, 6) is -0.296. The van der Waals surface area contributed by atoms with Crippen molar-refractivity contribution in [3.8, 4) is 0 Å². The van der Waals surface area contributed by atoms with Crippen LogP contribution in [0.2, 0.25) is 0 Å². The molecule has 0 unspecified atom stereocenters. The number of nitrogens with one attached hydrogen (secondary N) is 2. The Labute approximate surface area is 103 Å². The third kappa shape index (κ3) is 9.66. The maximum Gasteiger partial charge on any atom is 0.315 e. The molecule has 17 heavy (non-hydrogen) atoms. The highest BCUT2D eigenvalue weighted by molar-refractivity contribution is 5.74. The predicted octanol–water partition coefficient (Wildman–Crippen LogP) is 1.98. The Bertz CT molecular complexity index is 262. The van der Waals surface area contributed by atoms with Gasteiger partial charge >= 0.3 is 12.0 Å². The molecule has 0 aromatic heterocycles. The average Bonchev–Trinajstić information content (AvgIpc) is 2.13. The Morgan fingerprint density at radius 2 is 1.88 bits per heavy atom. The molecule has 0 atom stereocenters. The lowest BCUT2D eigenvalue weighted by molar-refractivity contribution is -0.137. The standard InChI is InChI=1S/C12H24N2O3/c1-9(2)6-8-13-11(17)14-12(3,4)7-5-10(15)16/h9H,5-8H2,1-4H3,(H,15,16)(H2,13,14,17). The van der Waals surface area contributed by atoms with Gasteiger partial charge in [-0.05, 0) is 32.6 Å². The van der Waals surface area contributed by atoms with E-state index in [1.165, 1.54) is 0 Å². The van der Waals surface area contributed by atoms with Gasteiger partial charge in [0.2, 0.25) is 0 Å². The molecule has 0 aliphatic carbocycles. The highest BCUT2D eigenvalue weighted by atomic mass is 16.4. The predicted molar refractivity (Wildman–Crippen MR) is 66.9 cm³/mol. The number of carboxylic acid groups (broad SMARTS) is 1. The minimum atomic E-state index is -0.847. The van der Waals surface area contributed by atoms with Gasteiger partial charge in [0.1, 0.15) is 0 Å². The molecule has 5 heteroatoms. The third-order valence-electron chi connectivity index (χ3n) is 2.42. The monoisotopic (exact) mass is 244 g/mol. The molecular weight excluding hydrogens is 220 g/mol. The zero-order valence-electron chi connectivity index (χ0n) is 11.2. The highest BCUT2D eigenvalue weighted by Crippen LogP contribution is 2.10. The Balaban J connectivity index is 3.88. The molecule has 0 spiro atoms. The Morgan fingerprint density at radius 1 is 1.29 bits per heavy atom. The van der Waals surface area contributed by atoms with Crippen LogP contribution >= 0.6 is 0 Å². The molecule has 3 N–H and O–H groups in total. The van der Waals surface area contributed by atoms with Crippen LogP contribution in [0.1, 0.15) is 47.0 Å². The first kappa shape index (κ1) is 15.7. The van der Waals surface area contributed by atoms with E-state index in [1.807, 2.05) is 13.8 Å². The number of rotatable bonds is 7. The second-order valence-corrected chi connectivity index (χ2v) is 5.34. The van der Waals surface area contributed by atoms with Crippen molar-refractivity contribution in [1.82, 2.24) is 10.6 Å². The fourth-order valence-electron chi connectivity index (χ4n) is 1.31. The molecule has 2 amide bonds. The molecule has 0 saturated carbocycles. The molecule has 100 valence electrons. The van der Waals surface area contributed by atoms with Gasteiger partial charge in [0, 0.05) is 18.5 Å². The van der Waals surface area contributed by atoms with Gasteiger partial charge in [-0.2, -0.15) is 0 Å². The first-order valence-electron chi connectivity index (χ1n) is 6.01. The number of carboxylic acids is 1. The molecule has 0 rings (SSSR count). The summed E-state index contributed by atoms with van der Waals surface area (Å²) in [6.45, 7) is 8.46. The smallest absolute Gasteiger partial charge is 0.315 e. The Kier molecular flexibility index (Phi) is 6.61. The van der Waals surface area contributed by atoms with Crippen LogP contribution in [0, 0.1) is 5.92 Å². The van der Waals surface area contributed by atoms with Gasteiger partial charge in [-0.25, -0.2) is 4.79 Å². The molecule has 0 bridgehead atoms. The summed E-state index contributed by atoms with van der Waals surface area (Å²) in [6, 6.07) is -0.235. The van der Waals surface area contributed by atoms with Crippen molar-refractivity contribution >= 4 is 12.0 Å². The number of urea groups is 1. The van der Waals surface area contributed by atoms with Crippen molar-refractivity contribution < 1.29 is 14.7 Å². The average molecular weight is 244 g/mol. The lowest BCUT2D eigenvalue weighted by Gasteiger charge is -2.25. The molecule has 0 fully saturated rings. The van der Waals surface area contributed by atoms with Gasteiger partial charge in [-0.15, -0.1) is 0 Å². The Hall–Kier alpha value is -1.26. The van der Waals surface area contributed by atoms with Crippen LogP contribution in [-0.4, -0.2) is 29.2 Å². The molecule has 0 radical (unpaired) electrons. The van der Waals surface area contributed by atoms with Crippen LogP contribution in [0.15, 0.2) is 0 Å².